The number of hydrogen-bond donors (Lipinski definition) is 3. The lowest BCUT2D eigenvalue weighted by Gasteiger charge is -2.35. The van der Waals surface area contributed by atoms with Gasteiger partial charge in [0.25, 0.3) is 5.91 Å². The van der Waals surface area contributed by atoms with Gasteiger partial charge in [-0.15, -0.1) is 0 Å². The number of anilines is 1. The maximum absolute atomic E-state index is 15.0. The van der Waals surface area contributed by atoms with Gasteiger partial charge in [0.15, 0.2) is 0 Å². The summed E-state index contributed by atoms with van der Waals surface area (Å²) in [6.07, 6.45) is 0.997. The summed E-state index contributed by atoms with van der Waals surface area (Å²) in [6, 6.07) is 2.34. The number of hydrogen-bond acceptors (Lipinski definition) is 13. The van der Waals surface area contributed by atoms with Crippen molar-refractivity contribution in [3.63, 3.8) is 0 Å². The maximum Gasteiger partial charge on any atom is 0.427 e. The van der Waals surface area contributed by atoms with Crippen molar-refractivity contribution < 1.29 is 63.4 Å². The number of methoxy groups -OCH3 is 1. The Morgan fingerprint density at radius 2 is 1.69 bits per heavy atom. The van der Waals surface area contributed by atoms with Gasteiger partial charge in [0.05, 0.1) is 36.5 Å². The number of amides is 4. The van der Waals surface area contributed by atoms with Crippen molar-refractivity contribution in [2.24, 2.45) is 17.8 Å². The molecule has 2 aromatic rings. The summed E-state index contributed by atoms with van der Waals surface area (Å²) in [4.78, 5) is 64.9. The normalized spacial score (nSPS) is 28.6. The number of benzene rings is 1. The van der Waals surface area contributed by atoms with Gasteiger partial charge in [0, 0.05) is 49.3 Å². The van der Waals surface area contributed by atoms with Gasteiger partial charge in [-0.25, -0.2) is 26.6 Å². The first-order valence-electron chi connectivity index (χ1n) is 22.4. The number of pyridine rings is 1. The van der Waals surface area contributed by atoms with E-state index in [0.29, 0.717) is 81.3 Å². The number of piperazine rings is 1. The first kappa shape index (κ1) is 50.0. The molecule has 1 aromatic heterocycles. The first-order chi connectivity index (χ1) is 31.2. The molecule has 1 aromatic carbocycles. The number of halogens is 3. The Balaban J connectivity index is 1.23. The second-order valence-electron chi connectivity index (χ2n) is 19.5. The Morgan fingerprint density at radius 1 is 1.00 bits per heavy atom. The number of carbonyl (C=O) groups is 4. The van der Waals surface area contributed by atoms with Crippen LogP contribution in [0, 0.1) is 17.8 Å². The number of alkyl carbamates (subject to hydrolysis) is 1. The average molecular weight is 984 g/mol. The minimum atomic E-state index is -4.94. The minimum absolute atomic E-state index is 0.0700. The molecule has 67 heavy (non-hydrogen) atoms. The molecule has 0 spiro atoms. The maximum atomic E-state index is 15.0. The number of carbonyl (C=O) groups excluding carboxylic acids is 4. The molecule has 4 heterocycles. The van der Waals surface area contributed by atoms with Crippen LogP contribution in [0.5, 0.6) is 11.6 Å². The van der Waals surface area contributed by atoms with Crippen molar-refractivity contribution in [1.29, 1.82) is 0 Å². The standard InChI is InChI=1S/C44H60F3N7O11S2/c1-26-10-8-9-11-28-23-43(28,39(57)51-67(61,62)42(5)14-15-42)50-36(55)33-22-30(25-54(33)38(56)35(27(2)20-26)49-40(58)65-41(3,4)44(45,46)47)64-37-31-13-12-29(63-6)21-32(31)34(24-48-37)52-16-18-53(19-17-52)66(7,59)60/h9,11-13,21,24,26-28,30,33,35H,8,10,14-20,22-23,25H2,1-7H3,(H,49,58)(H,50,55)(H,51,57). The van der Waals surface area contributed by atoms with Crippen LogP contribution in [0.1, 0.15) is 79.6 Å². The second kappa shape index (κ2) is 18.2. The predicted molar refractivity (Wildman–Crippen MR) is 240 cm³/mol. The van der Waals surface area contributed by atoms with Gasteiger partial charge in [0.1, 0.15) is 29.5 Å². The quantitative estimate of drug-likeness (QED) is 0.287. The highest BCUT2D eigenvalue weighted by molar-refractivity contribution is 7.91. The molecule has 2 saturated heterocycles. The molecular weight excluding hydrogens is 924 g/mol. The molecule has 7 unspecified atom stereocenters. The van der Waals surface area contributed by atoms with Crippen LogP contribution in [0.2, 0.25) is 0 Å². The Labute approximate surface area is 388 Å². The number of nitrogens with zero attached hydrogens (tertiary/aromatic N) is 4. The molecule has 23 heteroatoms. The van der Waals surface area contributed by atoms with Gasteiger partial charge in [-0.1, -0.05) is 26.0 Å². The summed E-state index contributed by atoms with van der Waals surface area (Å²) in [5.41, 5.74) is -3.93. The van der Waals surface area contributed by atoms with E-state index in [1.807, 2.05) is 17.9 Å². The molecule has 7 rings (SSSR count). The lowest BCUT2D eigenvalue weighted by atomic mass is 9.88. The van der Waals surface area contributed by atoms with E-state index in [1.54, 1.807) is 37.4 Å². The van der Waals surface area contributed by atoms with Crippen molar-refractivity contribution in [2.45, 2.75) is 120 Å². The molecule has 3 N–H and O–H groups in total. The van der Waals surface area contributed by atoms with Crippen LogP contribution < -0.4 is 29.7 Å². The van der Waals surface area contributed by atoms with Gasteiger partial charge < -0.3 is 34.6 Å². The molecule has 4 fully saturated rings. The fourth-order valence-electron chi connectivity index (χ4n) is 9.11. The van der Waals surface area contributed by atoms with Crippen molar-refractivity contribution >= 4 is 60.3 Å². The molecule has 0 radical (unpaired) electrons. The highest BCUT2D eigenvalue weighted by Crippen LogP contribution is 2.48. The number of aromatic nitrogens is 1. The summed E-state index contributed by atoms with van der Waals surface area (Å²) >= 11 is 0. The molecule has 7 atom stereocenters. The third-order valence-corrected chi connectivity index (χ3v) is 17.4. The smallest absolute Gasteiger partial charge is 0.427 e. The number of alkyl halides is 3. The van der Waals surface area contributed by atoms with Crippen LogP contribution in [-0.2, 0) is 39.2 Å². The molecule has 2 aliphatic carbocycles. The van der Waals surface area contributed by atoms with E-state index in [9.17, 15) is 49.2 Å². The SMILES string of the molecule is COc1ccc2c(OC3CC4C(=O)NC5(C(=O)NS(=O)(=O)C6(C)CC6)CC5C=CCCC(C)CC(C)C(NC(=O)OC(C)(C)C(F)(F)F)C(=O)N4C3)ncc(N3CCN(S(C)(=O)=O)CC3)c2c1. The lowest BCUT2D eigenvalue weighted by Crippen LogP contribution is -2.59. The Morgan fingerprint density at radius 3 is 2.31 bits per heavy atom. The zero-order chi connectivity index (χ0) is 49.1. The van der Waals surface area contributed by atoms with Gasteiger partial charge >= 0.3 is 12.3 Å². The van der Waals surface area contributed by atoms with E-state index < -0.39 is 95.9 Å². The van der Waals surface area contributed by atoms with Gasteiger partial charge in [-0.05, 0) is 89.3 Å². The second-order valence-corrected chi connectivity index (χ2v) is 23.7. The molecule has 18 nitrogen and oxygen atoms in total. The van der Waals surface area contributed by atoms with E-state index in [1.165, 1.54) is 23.2 Å². The van der Waals surface area contributed by atoms with Gasteiger partial charge in [-0.2, -0.15) is 17.5 Å². The summed E-state index contributed by atoms with van der Waals surface area (Å²) in [7, 11) is -6.02. The first-order valence-corrected chi connectivity index (χ1v) is 25.8. The fraction of sp³-hybridized carbons (Fsp3) is 0.659. The van der Waals surface area contributed by atoms with Crippen molar-refractivity contribution in [1.82, 2.24) is 29.5 Å². The van der Waals surface area contributed by atoms with Crippen molar-refractivity contribution in [2.75, 3.05) is 51.0 Å². The highest BCUT2D eigenvalue weighted by atomic mass is 32.2. The zero-order valence-electron chi connectivity index (χ0n) is 38.6. The molecule has 0 bridgehead atoms. The van der Waals surface area contributed by atoms with Crippen LogP contribution in [0.3, 0.4) is 0 Å². The van der Waals surface area contributed by atoms with E-state index in [2.05, 4.69) is 20.3 Å². The zero-order valence-corrected chi connectivity index (χ0v) is 40.3. The van der Waals surface area contributed by atoms with Crippen LogP contribution in [-0.4, -0.2) is 141 Å². The van der Waals surface area contributed by atoms with E-state index in [0.717, 1.165) is 6.26 Å². The third-order valence-electron chi connectivity index (χ3n) is 13.9. The summed E-state index contributed by atoms with van der Waals surface area (Å²) in [6.45, 7) is 7.44. The molecule has 2 saturated carbocycles. The third kappa shape index (κ3) is 10.4. The Kier molecular flexibility index (Phi) is 13.6. The van der Waals surface area contributed by atoms with Crippen LogP contribution in [0.25, 0.3) is 10.8 Å². The monoisotopic (exact) mass is 983 g/mol. The number of sulfonamides is 2. The van der Waals surface area contributed by atoms with E-state index in [4.69, 9.17) is 14.2 Å². The molecular formula is C44H60F3N7O11S2. The van der Waals surface area contributed by atoms with Crippen LogP contribution in [0.4, 0.5) is 23.7 Å². The van der Waals surface area contributed by atoms with Crippen molar-refractivity contribution in [3.8, 4) is 11.6 Å². The number of fused-ring (bicyclic) bond motifs is 3. The largest absolute Gasteiger partial charge is 0.497 e. The molecule has 370 valence electrons. The van der Waals surface area contributed by atoms with E-state index in [-0.39, 0.29) is 44.3 Å². The van der Waals surface area contributed by atoms with Crippen LogP contribution in [0.15, 0.2) is 36.5 Å². The molecule has 4 amide bonds. The van der Waals surface area contributed by atoms with Crippen LogP contribution >= 0.6 is 0 Å². The van der Waals surface area contributed by atoms with Crippen molar-refractivity contribution in [3.05, 3.63) is 36.5 Å². The molecule has 5 aliphatic rings. The lowest BCUT2D eigenvalue weighted by molar-refractivity contribution is -0.244. The average Bonchev–Trinajstić information content (AvgIpc) is 4.13. The minimum Gasteiger partial charge on any atom is -0.497 e. The number of rotatable bonds is 10. The topological polar surface area (TPSA) is 223 Å². The van der Waals surface area contributed by atoms with Gasteiger partial charge in [0.2, 0.25) is 43.3 Å². The van der Waals surface area contributed by atoms with E-state index >= 15 is 0 Å². The highest BCUT2D eigenvalue weighted by Gasteiger charge is 2.63. The fourth-order valence-corrected chi connectivity index (χ4v) is 11.3. The number of allylic oxidation sites excluding steroid dienone is 1. The number of nitrogens with one attached hydrogen (secondary N) is 3. The Bertz CT molecular complexity index is 2530. The predicted octanol–water partition coefficient (Wildman–Crippen LogP) is 3.99. The summed E-state index contributed by atoms with van der Waals surface area (Å²) in [5, 5.41) is 6.37. The van der Waals surface area contributed by atoms with Gasteiger partial charge in [-0.3, -0.25) is 19.1 Å². The summed E-state index contributed by atoms with van der Waals surface area (Å²) in [5.74, 6) is -3.27. The Hall–Kier alpha value is -4.90. The molecule has 3 aliphatic heterocycles. The number of ether oxygens (including phenoxy) is 3. The summed E-state index contributed by atoms with van der Waals surface area (Å²) < 4.78 is 112.